The zero-order valence-corrected chi connectivity index (χ0v) is 23.7. The summed E-state index contributed by atoms with van der Waals surface area (Å²) in [7, 11) is 1.26. The molecule has 220 valence electrons. The zero-order valence-electron chi connectivity index (χ0n) is 22.9. The minimum atomic E-state index is -4.51. The molecule has 0 bridgehead atoms. The predicted octanol–water partition coefficient (Wildman–Crippen LogP) is 5.47. The van der Waals surface area contributed by atoms with E-state index in [-0.39, 0.29) is 12.2 Å². The van der Waals surface area contributed by atoms with Crippen LogP contribution in [0.4, 0.5) is 34.6 Å². The number of amides is 1. The second-order valence-corrected chi connectivity index (χ2v) is 11.0. The molecule has 0 spiro atoms. The Labute approximate surface area is 239 Å². The summed E-state index contributed by atoms with van der Waals surface area (Å²) < 4.78 is 76.6. The molecule has 1 amide bonds. The third-order valence-electron chi connectivity index (χ3n) is 7.32. The molecule has 12 heteroatoms. The van der Waals surface area contributed by atoms with Gasteiger partial charge in [0.2, 0.25) is 5.91 Å². The minimum Gasteiger partial charge on any atom is -0.368 e. The summed E-state index contributed by atoms with van der Waals surface area (Å²) in [6.07, 6.45) is -4.51. The number of carbonyl (C=O) groups excluding carboxylic acids is 1. The standard InChI is InChI=1S/C29H32F4N4O3S/c1-19-4-9-24(10-5-19)36-12-14-37(15-13-36)27-17-23(29(31,32)33)8-6-22(27)18-34-28(38)20(2)21-7-11-26(25(30)16-21)35(3)41(39)40/h4-11,16-17,20H,12-15,18H2,1-3H3,(H,34,38)(H,39,40). The van der Waals surface area contributed by atoms with Crippen LogP contribution in [0.1, 0.15) is 35.1 Å². The number of halogens is 4. The molecule has 0 radical (unpaired) electrons. The number of piperazine rings is 1. The van der Waals surface area contributed by atoms with Gasteiger partial charge in [-0.1, -0.05) is 29.8 Å². The molecule has 1 aliphatic heterocycles. The zero-order chi connectivity index (χ0) is 29.9. The summed E-state index contributed by atoms with van der Waals surface area (Å²) >= 11 is -2.41. The molecule has 3 aromatic carbocycles. The van der Waals surface area contributed by atoms with Gasteiger partial charge in [0.05, 0.1) is 17.2 Å². The van der Waals surface area contributed by atoms with Crippen LogP contribution < -0.4 is 19.4 Å². The summed E-state index contributed by atoms with van der Waals surface area (Å²) in [4.78, 5) is 17.1. The number of benzene rings is 3. The fourth-order valence-electron chi connectivity index (χ4n) is 4.76. The van der Waals surface area contributed by atoms with Crippen LogP contribution in [0.5, 0.6) is 0 Å². The number of nitrogens with zero attached hydrogens (tertiary/aromatic N) is 3. The summed E-state index contributed by atoms with van der Waals surface area (Å²) in [5.74, 6) is -1.98. The van der Waals surface area contributed by atoms with Gasteiger partial charge in [0.15, 0.2) is 0 Å². The van der Waals surface area contributed by atoms with E-state index in [0.29, 0.717) is 43.0 Å². The second kappa shape index (κ2) is 12.5. The normalized spacial score (nSPS) is 15.4. The molecule has 0 aliphatic carbocycles. The van der Waals surface area contributed by atoms with Crippen LogP contribution in [0.2, 0.25) is 0 Å². The fraction of sp³-hybridized carbons (Fsp3) is 0.345. The van der Waals surface area contributed by atoms with Gasteiger partial charge in [-0.2, -0.15) is 13.2 Å². The molecular weight excluding hydrogens is 560 g/mol. The van der Waals surface area contributed by atoms with Crippen molar-refractivity contribution in [1.82, 2.24) is 5.32 Å². The Morgan fingerprint density at radius 3 is 2.24 bits per heavy atom. The number of hydrogen-bond acceptors (Lipinski definition) is 4. The number of nitrogens with one attached hydrogen (secondary N) is 1. The summed E-state index contributed by atoms with van der Waals surface area (Å²) in [5, 5.41) is 2.77. The number of aryl methyl sites for hydroxylation is 1. The molecule has 2 N–H and O–H groups in total. The van der Waals surface area contributed by atoms with Crippen molar-refractivity contribution in [2.24, 2.45) is 0 Å². The average Bonchev–Trinajstić information content (AvgIpc) is 2.95. The van der Waals surface area contributed by atoms with Gasteiger partial charge in [0.1, 0.15) is 5.82 Å². The van der Waals surface area contributed by atoms with Crippen molar-refractivity contribution in [2.75, 3.05) is 47.3 Å². The highest BCUT2D eigenvalue weighted by atomic mass is 32.2. The molecule has 4 rings (SSSR count). The Kier molecular flexibility index (Phi) is 9.23. The molecule has 2 atom stereocenters. The maximum Gasteiger partial charge on any atom is 0.416 e. The van der Waals surface area contributed by atoms with Crippen molar-refractivity contribution in [3.05, 3.63) is 88.7 Å². The first kappa shape index (κ1) is 30.3. The summed E-state index contributed by atoms with van der Waals surface area (Å²) in [6, 6.07) is 15.5. The van der Waals surface area contributed by atoms with Crippen molar-refractivity contribution >= 4 is 34.2 Å². The van der Waals surface area contributed by atoms with E-state index < -0.39 is 40.6 Å². The Bertz CT molecular complexity index is 1410. The minimum absolute atomic E-state index is 0.0123. The van der Waals surface area contributed by atoms with Crippen molar-refractivity contribution in [3.8, 4) is 0 Å². The van der Waals surface area contributed by atoms with Crippen LogP contribution in [0.3, 0.4) is 0 Å². The quantitative estimate of drug-likeness (QED) is 0.268. The predicted molar refractivity (Wildman–Crippen MR) is 153 cm³/mol. The highest BCUT2D eigenvalue weighted by molar-refractivity contribution is 7.80. The molecule has 0 aromatic heterocycles. The van der Waals surface area contributed by atoms with Crippen LogP contribution in [0, 0.1) is 12.7 Å². The summed E-state index contributed by atoms with van der Waals surface area (Å²) in [6.45, 7) is 5.84. The Morgan fingerprint density at radius 1 is 1.02 bits per heavy atom. The van der Waals surface area contributed by atoms with Crippen LogP contribution in [-0.4, -0.2) is 47.9 Å². The molecule has 2 unspecified atom stereocenters. The van der Waals surface area contributed by atoms with Gasteiger partial charge < -0.3 is 15.1 Å². The second-order valence-electron chi connectivity index (χ2n) is 10.0. The van der Waals surface area contributed by atoms with E-state index in [0.717, 1.165) is 33.8 Å². The Hall–Kier alpha value is -3.64. The largest absolute Gasteiger partial charge is 0.416 e. The number of anilines is 3. The van der Waals surface area contributed by atoms with Crippen molar-refractivity contribution in [1.29, 1.82) is 0 Å². The lowest BCUT2D eigenvalue weighted by Crippen LogP contribution is -2.47. The highest BCUT2D eigenvalue weighted by Gasteiger charge is 2.32. The number of carbonyl (C=O) groups is 1. The van der Waals surface area contributed by atoms with Gasteiger partial charge >= 0.3 is 6.18 Å². The smallest absolute Gasteiger partial charge is 0.368 e. The highest BCUT2D eigenvalue weighted by Crippen LogP contribution is 2.34. The fourth-order valence-corrected chi connectivity index (χ4v) is 5.08. The van der Waals surface area contributed by atoms with Crippen LogP contribution >= 0.6 is 0 Å². The van der Waals surface area contributed by atoms with E-state index in [4.69, 9.17) is 0 Å². The maximum absolute atomic E-state index is 14.6. The molecule has 1 saturated heterocycles. The first-order chi connectivity index (χ1) is 19.3. The Morgan fingerprint density at radius 2 is 1.66 bits per heavy atom. The molecule has 1 fully saturated rings. The monoisotopic (exact) mass is 592 g/mol. The topological polar surface area (TPSA) is 76.1 Å². The van der Waals surface area contributed by atoms with Gasteiger partial charge in [-0.05, 0) is 61.4 Å². The van der Waals surface area contributed by atoms with Gasteiger partial charge in [0, 0.05) is 51.1 Å². The molecule has 7 nitrogen and oxygen atoms in total. The van der Waals surface area contributed by atoms with Crippen molar-refractivity contribution < 1.29 is 31.1 Å². The van der Waals surface area contributed by atoms with Gasteiger partial charge in [-0.25, -0.2) is 8.60 Å². The van der Waals surface area contributed by atoms with Crippen LogP contribution in [-0.2, 0) is 28.8 Å². The van der Waals surface area contributed by atoms with Crippen LogP contribution in [0.15, 0.2) is 60.7 Å². The van der Waals surface area contributed by atoms with Crippen molar-refractivity contribution in [2.45, 2.75) is 32.5 Å². The lowest BCUT2D eigenvalue weighted by molar-refractivity contribution is -0.137. The van der Waals surface area contributed by atoms with E-state index in [2.05, 4.69) is 10.2 Å². The van der Waals surface area contributed by atoms with Crippen molar-refractivity contribution in [3.63, 3.8) is 0 Å². The molecule has 41 heavy (non-hydrogen) atoms. The van der Waals surface area contributed by atoms with Gasteiger partial charge in [0.25, 0.3) is 11.3 Å². The maximum atomic E-state index is 14.6. The molecule has 1 aliphatic rings. The first-order valence-corrected chi connectivity index (χ1v) is 14.1. The first-order valence-electron chi connectivity index (χ1n) is 13.0. The molecule has 1 heterocycles. The SMILES string of the molecule is Cc1ccc(N2CCN(c3cc(C(F)(F)F)ccc3CNC(=O)C(C)c3ccc(N(C)S(=O)O)c(F)c3)CC2)cc1. The van der Waals surface area contributed by atoms with Gasteiger partial charge in [-0.15, -0.1) is 0 Å². The Balaban J connectivity index is 1.48. The van der Waals surface area contributed by atoms with Gasteiger partial charge in [-0.3, -0.25) is 13.7 Å². The molecule has 3 aromatic rings. The van der Waals surface area contributed by atoms with E-state index in [1.807, 2.05) is 36.1 Å². The number of alkyl halides is 3. The lowest BCUT2D eigenvalue weighted by atomic mass is 9.99. The van der Waals surface area contributed by atoms with E-state index in [1.54, 1.807) is 6.92 Å². The van der Waals surface area contributed by atoms with E-state index in [1.165, 1.54) is 25.2 Å². The molecule has 0 saturated carbocycles. The number of hydrogen-bond donors (Lipinski definition) is 2. The number of rotatable bonds is 8. The van der Waals surface area contributed by atoms with E-state index >= 15 is 0 Å². The summed E-state index contributed by atoms with van der Waals surface area (Å²) in [5.41, 5.74) is 2.64. The third-order valence-corrected chi connectivity index (χ3v) is 7.99. The third kappa shape index (κ3) is 7.17. The van der Waals surface area contributed by atoms with Crippen LogP contribution in [0.25, 0.3) is 0 Å². The van der Waals surface area contributed by atoms with E-state index in [9.17, 15) is 31.1 Å². The lowest BCUT2D eigenvalue weighted by Gasteiger charge is -2.38. The average molecular weight is 593 g/mol. The molecular formula is C29H32F4N4O3S.